The van der Waals surface area contributed by atoms with E-state index in [4.69, 9.17) is 11.6 Å². The first-order valence-electron chi connectivity index (χ1n) is 7.25. The van der Waals surface area contributed by atoms with Crippen molar-refractivity contribution in [3.05, 3.63) is 17.0 Å². The van der Waals surface area contributed by atoms with Gasteiger partial charge in [-0.05, 0) is 31.6 Å². The Balaban J connectivity index is 1.77. The highest BCUT2D eigenvalue weighted by Crippen LogP contribution is 2.29. The molecule has 2 heterocycles. The second kappa shape index (κ2) is 5.56. The molecule has 1 aliphatic rings. The number of nitrogens with zero attached hydrogens (tertiary/aromatic N) is 4. The molecule has 1 fully saturated rings. The van der Waals surface area contributed by atoms with Gasteiger partial charge in [0.05, 0.1) is 0 Å². The van der Waals surface area contributed by atoms with Crippen molar-refractivity contribution in [2.45, 2.75) is 39.5 Å². The molecule has 1 aliphatic carbocycles. The molecule has 6 heteroatoms. The van der Waals surface area contributed by atoms with Crippen LogP contribution in [0.25, 0.3) is 5.78 Å². The fourth-order valence-electron chi connectivity index (χ4n) is 2.88. The van der Waals surface area contributed by atoms with E-state index in [-0.39, 0.29) is 0 Å². The van der Waals surface area contributed by atoms with Gasteiger partial charge in [-0.3, -0.25) is 0 Å². The minimum absolute atomic E-state index is 0.491. The molecule has 0 atom stereocenters. The number of nitrogens with one attached hydrogen (secondary N) is 1. The molecule has 0 radical (unpaired) electrons. The summed E-state index contributed by atoms with van der Waals surface area (Å²) in [6.45, 7) is 5.26. The molecular formula is C14H20ClN5. The van der Waals surface area contributed by atoms with Gasteiger partial charge < -0.3 is 5.32 Å². The second-order valence-corrected chi connectivity index (χ2v) is 6.21. The van der Waals surface area contributed by atoms with Crippen LogP contribution in [0, 0.1) is 18.8 Å². The quantitative estimate of drug-likeness (QED) is 0.882. The average molecular weight is 294 g/mol. The number of aromatic nitrogens is 4. The van der Waals surface area contributed by atoms with Crippen LogP contribution >= 0.6 is 11.6 Å². The van der Waals surface area contributed by atoms with Crippen molar-refractivity contribution in [2.75, 3.05) is 11.9 Å². The van der Waals surface area contributed by atoms with E-state index in [1.54, 1.807) is 4.52 Å². The Hall–Kier alpha value is -1.36. The lowest BCUT2D eigenvalue weighted by Crippen LogP contribution is -2.21. The molecule has 2 aromatic rings. The summed E-state index contributed by atoms with van der Waals surface area (Å²) < 4.78 is 1.73. The van der Waals surface area contributed by atoms with E-state index in [1.165, 1.54) is 32.0 Å². The maximum atomic E-state index is 6.16. The molecule has 0 spiro atoms. The zero-order chi connectivity index (χ0) is 14.1. The number of hydrogen-bond donors (Lipinski definition) is 1. The number of fused-ring (bicyclic) bond motifs is 1. The predicted octanol–water partition coefficient (Wildman–Crippen LogP) is 3.32. The van der Waals surface area contributed by atoms with Crippen LogP contribution < -0.4 is 5.32 Å². The first kappa shape index (κ1) is 13.6. The van der Waals surface area contributed by atoms with E-state index in [1.807, 2.05) is 6.92 Å². The van der Waals surface area contributed by atoms with E-state index >= 15 is 0 Å². The molecule has 0 saturated heterocycles. The van der Waals surface area contributed by atoms with Gasteiger partial charge in [0, 0.05) is 12.1 Å². The summed E-state index contributed by atoms with van der Waals surface area (Å²) in [5, 5.41) is 8.21. The summed E-state index contributed by atoms with van der Waals surface area (Å²) >= 11 is 6.16. The van der Waals surface area contributed by atoms with Crippen molar-refractivity contribution in [3.8, 4) is 0 Å². The summed E-state index contributed by atoms with van der Waals surface area (Å²) in [5.41, 5.74) is 0.925. The van der Waals surface area contributed by atoms with Crippen molar-refractivity contribution < 1.29 is 0 Å². The van der Waals surface area contributed by atoms with Crippen molar-refractivity contribution in [3.63, 3.8) is 0 Å². The van der Waals surface area contributed by atoms with Gasteiger partial charge in [-0.1, -0.05) is 31.4 Å². The lowest BCUT2D eigenvalue weighted by atomic mass is 9.83. The largest absolute Gasteiger partial charge is 0.369 e. The van der Waals surface area contributed by atoms with E-state index in [0.717, 1.165) is 29.8 Å². The summed E-state index contributed by atoms with van der Waals surface area (Å²) in [5.74, 6) is 3.07. The molecule has 0 aliphatic heterocycles. The van der Waals surface area contributed by atoms with E-state index in [0.29, 0.717) is 10.9 Å². The third kappa shape index (κ3) is 2.59. The van der Waals surface area contributed by atoms with Crippen LogP contribution in [0.3, 0.4) is 0 Å². The minimum Gasteiger partial charge on any atom is -0.369 e. The average Bonchev–Trinajstić information content (AvgIpc) is 2.89. The molecule has 5 nitrogen and oxygen atoms in total. The van der Waals surface area contributed by atoms with Crippen LogP contribution in [0.2, 0.25) is 5.15 Å². The molecule has 0 unspecified atom stereocenters. The van der Waals surface area contributed by atoms with E-state index in [9.17, 15) is 0 Å². The molecule has 0 amide bonds. The van der Waals surface area contributed by atoms with Gasteiger partial charge >= 0.3 is 0 Å². The smallest absolute Gasteiger partial charge is 0.255 e. The topological polar surface area (TPSA) is 55.1 Å². The number of hydrogen-bond acceptors (Lipinski definition) is 4. The van der Waals surface area contributed by atoms with E-state index in [2.05, 4.69) is 27.3 Å². The monoisotopic (exact) mass is 293 g/mol. The Bertz CT molecular complexity index is 601. The summed E-state index contributed by atoms with van der Waals surface area (Å²) in [6, 6.07) is 0. The maximum absolute atomic E-state index is 6.16. The van der Waals surface area contributed by atoms with Crippen LogP contribution in [0.4, 0.5) is 5.82 Å². The first-order valence-corrected chi connectivity index (χ1v) is 7.62. The molecule has 108 valence electrons. The van der Waals surface area contributed by atoms with E-state index < -0.39 is 0 Å². The van der Waals surface area contributed by atoms with Crippen LogP contribution in [-0.2, 0) is 0 Å². The number of halogens is 1. The van der Waals surface area contributed by atoms with Crippen molar-refractivity contribution in [2.24, 2.45) is 11.8 Å². The molecule has 0 aromatic carbocycles. The van der Waals surface area contributed by atoms with Gasteiger partial charge in [-0.25, -0.2) is 0 Å². The zero-order valence-electron chi connectivity index (χ0n) is 11.9. The number of anilines is 1. The molecule has 1 saturated carbocycles. The SMILES string of the molecule is Cc1c(Cl)nc2ncnn2c1NCC1CCC(C)CC1. The van der Waals surface area contributed by atoms with Crippen molar-refractivity contribution in [1.82, 2.24) is 19.6 Å². The first-order chi connectivity index (χ1) is 9.65. The van der Waals surface area contributed by atoms with Gasteiger partial charge in [-0.15, -0.1) is 0 Å². The lowest BCUT2D eigenvalue weighted by molar-refractivity contribution is 0.300. The van der Waals surface area contributed by atoms with Crippen molar-refractivity contribution in [1.29, 1.82) is 0 Å². The Morgan fingerprint density at radius 3 is 2.85 bits per heavy atom. The zero-order valence-corrected chi connectivity index (χ0v) is 12.7. The van der Waals surface area contributed by atoms with Gasteiger partial charge in [0.15, 0.2) is 0 Å². The van der Waals surface area contributed by atoms with Crippen LogP contribution in [0.1, 0.15) is 38.2 Å². The normalized spacial score (nSPS) is 23.1. The summed E-state index contributed by atoms with van der Waals surface area (Å²) in [7, 11) is 0. The van der Waals surface area contributed by atoms with Gasteiger partial charge in [0.2, 0.25) is 0 Å². The molecule has 1 N–H and O–H groups in total. The Morgan fingerprint density at radius 1 is 1.35 bits per heavy atom. The van der Waals surface area contributed by atoms with Gasteiger partial charge in [0.25, 0.3) is 5.78 Å². The summed E-state index contributed by atoms with van der Waals surface area (Å²) in [6.07, 6.45) is 6.77. The highest BCUT2D eigenvalue weighted by atomic mass is 35.5. The number of rotatable bonds is 3. The molecule has 0 bridgehead atoms. The Morgan fingerprint density at radius 2 is 2.10 bits per heavy atom. The third-order valence-corrected chi connectivity index (χ3v) is 4.67. The standard InChI is InChI=1S/C14H20ClN5/c1-9-3-5-11(6-4-9)7-16-13-10(2)12(15)19-14-17-8-18-20(13)14/h8-9,11,16H,3-7H2,1-2H3. The van der Waals surface area contributed by atoms with Crippen molar-refractivity contribution >= 4 is 23.2 Å². The molecule has 2 aromatic heterocycles. The Labute approximate surface area is 123 Å². The Kier molecular flexibility index (Phi) is 3.78. The van der Waals surface area contributed by atoms with Gasteiger partial charge in [0.1, 0.15) is 17.3 Å². The fraction of sp³-hybridized carbons (Fsp3) is 0.643. The predicted molar refractivity (Wildman–Crippen MR) is 80.1 cm³/mol. The van der Waals surface area contributed by atoms with Gasteiger partial charge in [-0.2, -0.15) is 19.6 Å². The third-order valence-electron chi connectivity index (χ3n) is 4.30. The molecular weight excluding hydrogens is 274 g/mol. The van der Waals surface area contributed by atoms with Crippen LogP contribution in [-0.4, -0.2) is 26.1 Å². The minimum atomic E-state index is 0.491. The van der Waals surface area contributed by atoms with Crippen LogP contribution in [0.15, 0.2) is 6.33 Å². The second-order valence-electron chi connectivity index (χ2n) is 5.85. The summed E-state index contributed by atoms with van der Waals surface area (Å²) in [4.78, 5) is 8.32. The molecule has 20 heavy (non-hydrogen) atoms. The molecule has 3 rings (SSSR count). The highest BCUT2D eigenvalue weighted by molar-refractivity contribution is 6.30. The fourth-order valence-corrected chi connectivity index (χ4v) is 3.04. The highest BCUT2D eigenvalue weighted by Gasteiger charge is 2.19. The van der Waals surface area contributed by atoms with Crippen LogP contribution in [0.5, 0.6) is 0 Å². The maximum Gasteiger partial charge on any atom is 0.255 e. The lowest BCUT2D eigenvalue weighted by Gasteiger charge is -2.26.